The minimum absolute atomic E-state index is 0.0341. The van der Waals surface area contributed by atoms with E-state index in [9.17, 15) is 23.2 Å². The Hall–Kier alpha value is -3.70. The van der Waals surface area contributed by atoms with Crippen molar-refractivity contribution in [1.29, 1.82) is 0 Å². The SMILES string of the molecule is CC(C)CNCc1cc(C(=O)Nc2cc(-c3c(F)cc(Cl)cc3C(=O)N3CC(F)(F)C3)cc(C3CC3)n2)c(=O)n(C2CC2)c1. The van der Waals surface area contributed by atoms with Crippen molar-refractivity contribution < 1.29 is 22.8 Å². The van der Waals surface area contributed by atoms with E-state index in [4.69, 9.17) is 11.6 Å². The molecular formula is C32H33ClF3N5O3. The number of nitrogens with zero attached hydrogens (tertiary/aromatic N) is 3. The molecule has 2 amide bonds. The van der Waals surface area contributed by atoms with Crippen LogP contribution >= 0.6 is 11.6 Å². The maximum absolute atomic E-state index is 15.5. The first-order chi connectivity index (χ1) is 20.9. The first kappa shape index (κ1) is 30.3. The number of hydrogen-bond acceptors (Lipinski definition) is 5. The smallest absolute Gasteiger partial charge is 0.282 e. The molecule has 2 N–H and O–H groups in total. The maximum atomic E-state index is 15.5. The van der Waals surface area contributed by atoms with E-state index < -0.39 is 42.2 Å². The molecule has 2 aromatic heterocycles. The molecule has 0 bridgehead atoms. The van der Waals surface area contributed by atoms with Gasteiger partial charge in [-0.05, 0) is 79.6 Å². The van der Waals surface area contributed by atoms with Gasteiger partial charge in [-0.15, -0.1) is 0 Å². The van der Waals surface area contributed by atoms with Gasteiger partial charge in [0.2, 0.25) is 0 Å². The topological polar surface area (TPSA) is 96.3 Å². The summed E-state index contributed by atoms with van der Waals surface area (Å²) in [5.41, 5.74) is 0.901. The van der Waals surface area contributed by atoms with Gasteiger partial charge < -0.3 is 20.1 Å². The van der Waals surface area contributed by atoms with E-state index >= 15 is 4.39 Å². The Bertz CT molecular complexity index is 1690. The second-order valence-electron chi connectivity index (χ2n) is 12.5. The number of anilines is 1. The fraction of sp³-hybridized carbons (Fsp3) is 0.438. The summed E-state index contributed by atoms with van der Waals surface area (Å²) in [6.07, 6.45) is 5.21. The van der Waals surface area contributed by atoms with Gasteiger partial charge >= 0.3 is 0 Å². The van der Waals surface area contributed by atoms with Gasteiger partial charge in [0, 0.05) is 41.0 Å². The van der Waals surface area contributed by atoms with Gasteiger partial charge in [-0.25, -0.2) is 18.2 Å². The van der Waals surface area contributed by atoms with Gasteiger partial charge in [0.1, 0.15) is 17.2 Å². The highest BCUT2D eigenvalue weighted by Crippen LogP contribution is 2.42. The number of benzene rings is 1. The van der Waals surface area contributed by atoms with E-state index in [1.807, 2.05) is 0 Å². The number of carbonyl (C=O) groups is 2. The summed E-state index contributed by atoms with van der Waals surface area (Å²) in [6.45, 7) is 3.90. The third kappa shape index (κ3) is 6.53. The fourth-order valence-corrected chi connectivity index (χ4v) is 5.65. The third-order valence-corrected chi connectivity index (χ3v) is 8.17. The average Bonchev–Trinajstić information content (AvgIpc) is 3.85. The van der Waals surface area contributed by atoms with Crippen molar-refractivity contribution in [1.82, 2.24) is 19.8 Å². The van der Waals surface area contributed by atoms with Crippen molar-refractivity contribution in [2.75, 3.05) is 25.0 Å². The van der Waals surface area contributed by atoms with E-state index in [-0.39, 0.29) is 45.1 Å². The van der Waals surface area contributed by atoms with Crippen LogP contribution < -0.4 is 16.2 Å². The van der Waals surface area contributed by atoms with Gasteiger partial charge in [0.05, 0.1) is 18.7 Å². The minimum atomic E-state index is -3.00. The van der Waals surface area contributed by atoms with Crippen LogP contribution in [0.4, 0.5) is 19.0 Å². The summed E-state index contributed by atoms with van der Waals surface area (Å²) >= 11 is 6.08. The molecule has 1 aliphatic heterocycles. The largest absolute Gasteiger partial charge is 0.326 e. The zero-order chi connectivity index (χ0) is 31.3. The third-order valence-electron chi connectivity index (χ3n) is 7.95. The van der Waals surface area contributed by atoms with Crippen molar-refractivity contribution in [3.05, 3.63) is 80.1 Å². The summed E-state index contributed by atoms with van der Waals surface area (Å²) < 4.78 is 44.2. The average molecular weight is 628 g/mol. The summed E-state index contributed by atoms with van der Waals surface area (Å²) in [5, 5.41) is 6.02. The lowest BCUT2D eigenvalue weighted by molar-refractivity contribution is -0.113. The second-order valence-corrected chi connectivity index (χ2v) is 12.9. The monoisotopic (exact) mass is 627 g/mol. The summed E-state index contributed by atoms with van der Waals surface area (Å²) in [5.74, 6) is -4.65. The number of carbonyl (C=O) groups excluding carboxylic acids is 2. The van der Waals surface area contributed by atoms with Crippen molar-refractivity contribution in [2.45, 2.75) is 64.0 Å². The lowest BCUT2D eigenvalue weighted by Gasteiger charge is -2.39. The predicted octanol–water partition coefficient (Wildman–Crippen LogP) is 6.00. The van der Waals surface area contributed by atoms with Crippen molar-refractivity contribution in [3.63, 3.8) is 0 Å². The van der Waals surface area contributed by atoms with Crippen LogP contribution in [0.25, 0.3) is 11.1 Å². The van der Waals surface area contributed by atoms with E-state index in [2.05, 4.69) is 29.5 Å². The number of nitrogens with one attached hydrogen (secondary N) is 2. The van der Waals surface area contributed by atoms with Crippen LogP contribution in [-0.4, -0.2) is 51.8 Å². The van der Waals surface area contributed by atoms with Gasteiger partial charge in [0.25, 0.3) is 23.3 Å². The van der Waals surface area contributed by atoms with Gasteiger partial charge in [0.15, 0.2) is 0 Å². The Kier molecular flexibility index (Phi) is 8.04. The van der Waals surface area contributed by atoms with Gasteiger partial charge in [-0.3, -0.25) is 14.4 Å². The zero-order valence-electron chi connectivity index (χ0n) is 24.4. The molecule has 1 aromatic carbocycles. The fourth-order valence-electron chi connectivity index (χ4n) is 5.44. The number of aromatic nitrogens is 2. The van der Waals surface area contributed by atoms with Crippen LogP contribution in [0.1, 0.15) is 83.5 Å². The van der Waals surface area contributed by atoms with E-state index in [1.54, 1.807) is 22.9 Å². The van der Waals surface area contributed by atoms with Crippen molar-refractivity contribution >= 4 is 29.2 Å². The normalized spacial score (nSPS) is 17.5. The molecule has 3 fully saturated rings. The Labute approximate surface area is 257 Å². The van der Waals surface area contributed by atoms with E-state index in [0.717, 1.165) is 48.8 Å². The standard InChI is InChI=1S/C32H33ClF3N5O3/c1-17(2)12-37-13-18-7-24(31(44)41(14-18)22-5-6-22)29(42)39-27-9-20(8-26(38-27)19-3-4-19)28-23(10-21(33)11-25(28)34)30(43)40-15-32(35,36)16-40/h7-11,14,17,19,22,37H,3-6,12-13,15-16H2,1-2H3,(H,38,39,42). The summed E-state index contributed by atoms with van der Waals surface area (Å²) in [4.78, 5) is 45.6. The molecule has 0 atom stereocenters. The van der Waals surface area contributed by atoms with Crippen molar-refractivity contribution in [3.8, 4) is 11.1 Å². The molecule has 8 nitrogen and oxygen atoms in total. The molecule has 12 heteroatoms. The Balaban J connectivity index is 1.35. The van der Waals surface area contributed by atoms with Crippen LogP contribution in [0, 0.1) is 11.7 Å². The number of alkyl halides is 2. The van der Waals surface area contributed by atoms with Crippen LogP contribution in [0.3, 0.4) is 0 Å². The van der Waals surface area contributed by atoms with E-state index in [1.165, 1.54) is 12.1 Å². The Morgan fingerprint density at radius 1 is 1.07 bits per heavy atom. The Morgan fingerprint density at radius 3 is 2.43 bits per heavy atom. The zero-order valence-corrected chi connectivity index (χ0v) is 25.2. The number of likely N-dealkylation sites (tertiary alicyclic amines) is 1. The molecule has 2 saturated carbocycles. The quantitative estimate of drug-likeness (QED) is 0.287. The summed E-state index contributed by atoms with van der Waals surface area (Å²) in [7, 11) is 0. The number of halogens is 4. The minimum Gasteiger partial charge on any atom is -0.326 e. The molecule has 0 radical (unpaired) electrons. The van der Waals surface area contributed by atoms with E-state index in [0.29, 0.717) is 18.2 Å². The number of hydrogen-bond donors (Lipinski definition) is 2. The second kappa shape index (κ2) is 11.7. The lowest BCUT2D eigenvalue weighted by Crippen LogP contribution is -2.58. The summed E-state index contributed by atoms with van der Waals surface area (Å²) in [6, 6.07) is 7.00. The highest BCUT2D eigenvalue weighted by molar-refractivity contribution is 6.31. The molecule has 2 aliphatic carbocycles. The molecule has 0 spiro atoms. The van der Waals surface area contributed by atoms with Gasteiger partial charge in [-0.1, -0.05) is 25.4 Å². The molecule has 0 unspecified atom stereocenters. The maximum Gasteiger partial charge on any atom is 0.282 e. The molecule has 3 aliphatic rings. The van der Waals surface area contributed by atoms with Crippen LogP contribution in [-0.2, 0) is 6.54 Å². The first-order valence-corrected chi connectivity index (χ1v) is 15.2. The molecule has 1 saturated heterocycles. The molecule has 3 aromatic rings. The predicted molar refractivity (Wildman–Crippen MR) is 161 cm³/mol. The number of amides is 2. The van der Waals surface area contributed by atoms with Crippen molar-refractivity contribution in [2.24, 2.45) is 5.92 Å². The highest BCUT2D eigenvalue weighted by atomic mass is 35.5. The molecular weight excluding hydrogens is 595 g/mol. The number of rotatable bonds is 10. The van der Waals surface area contributed by atoms with Gasteiger partial charge in [-0.2, -0.15) is 0 Å². The first-order valence-electron chi connectivity index (χ1n) is 14.8. The van der Waals surface area contributed by atoms with Crippen LogP contribution in [0.15, 0.2) is 41.3 Å². The molecule has 6 rings (SSSR count). The molecule has 3 heterocycles. The van der Waals surface area contributed by atoms with Crippen LogP contribution in [0.2, 0.25) is 5.02 Å². The lowest BCUT2D eigenvalue weighted by atomic mass is 9.96. The highest BCUT2D eigenvalue weighted by Gasteiger charge is 2.47. The molecule has 232 valence electrons. The molecule has 44 heavy (non-hydrogen) atoms. The van der Waals surface area contributed by atoms with Crippen LogP contribution in [0.5, 0.6) is 0 Å². The Morgan fingerprint density at radius 2 is 1.80 bits per heavy atom. The number of pyridine rings is 2.